The molecule has 1 aromatic heterocycles. The van der Waals surface area contributed by atoms with Gasteiger partial charge in [0.05, 0.1) is 24.0 Å². The lowest BCUT2D eigenvalue weighted by Crippen LogP contribution is -2.72. The Balaban J connectivity index is 1.67. The van der Waals surface area contributed by atoms with Gasteiger partial charge in [-0.15, -0.1) is 0 Å². The van der Waals surface area contributed by atoms with Crippen molar-refractivity contribution in [1.29, 1.82) is 0 Å². The van der Waals surface area contributed by atoms with Crippen molar-refractivity contribution in [2.75, 3.05) is 6.61 Å². The highest BCUT2D eigenvalue weighted by Gasteiger charge is 2.51. The van der Waals surface area contributed by atoms with E-state index in [2.05, 4.69) is 5.32 Å². The molecule has 2 heterocycles. The maximum atomic E-state index is 12.2. The minimum atomic E-state index is -0.112. The maximum Gasteiger partial charge on any atom is 0.255 e. The number of ether oxygens (including phenoxy) is 1. The van der Waals surface area contributed by atoms with E-state index < -0.39 is 0 Å². The summed E-state index contributed by atoms with van der Waals surface area (Å²) in [5.41, 5.74) is 6.74. The quantitative estimate of drug-likeness (QED) is 0.856. The number of carbonyl (C=O) groups is 1. The van der Waals surface area contributed by atoms with Gasteiger partial charge in [-0.05, 0) is 18.9 Å². The summed E-state index contributed by atoms with van der Waals surface area (Å²) >= 11 is 0. The molecule has 5 nitrogen and oxygen atoms in total. The molecule has 0 radical (unpaired) electrons. The molecule has 3 rings (SSSR count). The third-order valence-electron chi connectivity index (χ3n) is 4.29. The molecule has 1 saturated carbocycles. The number of nitrogens with two attached hydrogens (primary N) is 1. The van der Waals surface area contributed by atoms with Crippen molar-refractivity contribution < 1.29 is 13.9 Å². The minimum Gasteiger partial charge on any atom is -0.469 e. The molecule has 1 saturated heterocycles. The van der Waals surface area contributed by atoms with Crippen LogP contribution in [0.2, 0.25) is 0 Å². The Morgan fingerprint density at radius 1 is 1.58 bits per heavy atom. The number of hydrogen-bond donors (Lipinski definition) is 2. The highest BCUT2D eigenvalue weighted by atomic mass is 16.5. The monoisotopic (exact) mass is 264 g/mol. The number of furan rings is 1. The zero-order valence-electron chi connectivity index (χ0n) is 11.1. The van der Waals surface area contributed by atoms with E-state index in [0.717, 1.165) is 19.4 Å². The molecule has 1 aromatic rings. The molecule has 0 spiro atoms. The zero-order valence-corrected chi connectivity index (χ0v) is 11.1. The fourth-order valence-corrected chi connectivity index (χ4v) is 3.17. The van der Waals surface area contributed by atoms with Gasteiger partial charge in [0.25, 0.3) is 5.91 Å². The van der Waals surface area contributed by atoms with Gasteiger partial charge in [0.1, 0.15) is 5.76 Å². The Hall–Kier alpha value is -1.33. The summed E-state index contributed by atoms with van der Waals surface area (Å²) in [5, 5.41) is 2.99. The Morgan fingerprint density at radius 2 is 2.42 bits per heavy atom. The fourth-order valence-electron chi connectivity index (χ4n) is 3.17. The van der Waals surface area contributed by atoms with Gasteiger partial charge in [0, 0.05) is 25.0 Å². The molecule has 0 bridgehead atoms. The molecule has 1 aliphatic heterocycles. The SMILES string of the molecule is CCc1occc1C(=O)NC1C(N)C2CCCOC21. The Morgan fingerprint density at radius 3 is 3.21 bits per heavy atom. The van der Waals surface area contributed by atoms with Crippen LogP contribution in [0.15, 0.2) is 16.7 Å². The van der Waals surface area contributed by atoms with E-state index in [1.165, 1.54) is 0 Å². The topological polar surface area (TPSA) is 77.5 Å². The molecule has 5 heteroatoms. The van der Waals surface area contributed by atoms with Crippen LogP contribution < -0.4 is 11.1 Å². The van der Waals surface area contributed by atoms with Crippen LogP contribution in [0.3, 0.4) is 0 Å². The van der Waals surface area contributed by atoms with Crippen LogP contribution in [0, 0.1) is 5.92 Å². The molecule has 2 fully saturated rings. The summed E-state index contributed by atoms with van der Waals surface area (Å²) in [5.74, 6) is 0.999. The second-order valence-electron chi connectivity index (χ2n) is 5.33. The molecule has 104 valence electrons. The molecular formula is C14H20N2O3. The Bertz CT molecular complexity index is 471. The zero-order chi connectivity index (χ0) is 13.4. The number of carbonyl (C=O) groups excluding carboxylic acids is 1. The van der Waals surface area contributed by atoms with Gasteiger partial charge in [-0.1, -0.05) is 6.92 Å². The smallest absolute Gasteiger partial charge is 0.255 e. The normalized spacial score (nSPS) is 33.4. The lowest BCUT2D eigenvalue weighted by atomic mass is 9.68. The summed E-state index contributed by atoms with van der Waals surface area (Å²) in [7, 11) is 0. The van der Waals surface area contributed by atoms with Crippen molar-refractivity contribution in [3.8, 4) is 0 Å². The lowest BCUT2D eigenvalue weighted by Gasteiger charge is -2.52. The molecule has 19 heavy (non-hydrogen) atoms. The van der Waals surface area contributed by atoms with Crippen molar-refractivity contribution in [3.63, 3.8) is 0 Å². The van der Waals surface area contributed by atoms with Crippen molar-refractivity contribution in [1.82, 2.24) is 5.32 Å². The lowest BCUT2D eigenvalue weighted by molar-refractivity contribution is -0.117. The molecule has 1 amide bonds. The summed E-state index contributed by atoms with van der Waals surface area (Å²) in [4.78, 5) is 12.2. The number of nitrogens with one attached hydrogen (secondary N) is 1. The standard InChI is InChI=1S/C14H20N2O3/c1-2-10-8(5-7-18-10)14(17)16-12-11(15)9-4-3-6-19-13(9)12/h5,7,9,11-13H,2-4,6,15H2,1H3,(H,16,17). The summed E-state index contributed by atoms with van der Waals surface area (Å²) in [6, 6.07) is 1.64. The number of hydrogen-bond acceptors (Lipinski definition) is 4. The van der Waals surface area contributed by atoms with E-state index in [-0.39, 0.29) is 24.1 Å². The van der Waals surface area contributed by atoms with Crippen LogP contribution in [-0.4, -0.2) is 30.7 Å². The van der Waals surface area contributed by atoms with Gasteiger partial charge in [-0.3, -0.25) is 4.79 Å². The Kier molecular flexibility index (Phi) is 3.33. The second-order valence-corrected chi connectivity index (χ2v) is 5.33. The third kappa shape index (κ3) is 2.07. The van der Waals surface area contributed by atoms with Gasteiger partial charge in [0.15, 0.2) is 0 Å². The van der Waals surface area contributed by atoms with Crippen molar-refractivity contribution in [3.05, 3.63) is 23.7 Å². The van der Waals surface area contributed by atoms with Gasteiger partial charge >= 0.3 is 0 Å². The minimum absolute atomic E-state index is 0.00577. The van der Waals surface area contributed by atoms with Gasteiger partial charge < -0.3 is 20.2 Å². The molecule has 4 atom stereocenters. The first-order chi connectivity index (χ1) is 9.22. The van der Waals surface area contributed by atoms with Crippen molar-refractivity contribution in [2.45, 2.75) is 44.4 Å². The maximum absolute atomic E-state index is 12.2. The van der Waals surface area contributed by atoms with Crippen LogP contribution in [0.5, 0.6) is 0 Å². The van der Waals surface area contributed by atoms with E-state index in [0.29, 0.717) is 23.7 Å². The summed E-state index contributed by atoms with van der Waals surface area (Å²) < 4.78 is 11.0. The van der Waals surface area contributed by atoms with Crippen LogP contribution in [-0.2, 0) is 11.2 Å². The van der Waals surface area contributed by atoms with Crippen molar-refractivity contribution in [2.24, 2.45) is 11.7 Å². The van der Waals surface area contributed by atoms with Crippen LogP contribution >= 0.6 is 0 Å². The fraction of sp³-hybridized carbons (Fsp3) is 0.643. The first-order valence-corrected chi connectivity index (χ1v) is 6.96. The summed E-state index contributed by atoms with van der Waals surface area (Å²) in [6.45, 7) is 2.73. The third-order valence-corrected chi connectivity index (χ3v) is 4.29. The molecule has 2 aliphatic rings. The van der Waals surface area contributed by atoms with Crippen LogP contribution in [0.25, 0.3) is 0 Å². The predicted molar refractivity (Wildman–Crippen MR) is 69.8 cm³/mol. The first kappa shape index (κ1) is 12.7. The van der Waals surface area contributed by atoms with Crippen LogP contribution in [0.1, 0.15) is 35.9 Å². The Labute approximate surface area is 112 Å². The molecule has 4 unspecified atom stereocenters. The van der Waals surface area contributed by atoms with Gasteiger partial charge in [-0.2, -0.15) is 0 Å². The van der Waals surface area contributed by atoms with Gasteiger partial charge in [-0.25, -0.2) is 0 Å². The molecule has 3 N–H and O–H groups in total. The summed E-state index contributed by atoms with van der Waals surface area (Å²) in [6.07, 6.45) is 4.51. The van der Waals surface area contributed by atoms with Crippen molar-refractivity contribution >= 4 is 5.91 Å². The van der Waals surface area contributed by atoms with E-state index >= 15 is 0 Å². The van der Waals surface area contributed by atoms with Gasteiger partial charge in [0.2, 0.25) is 0 Å². The van der Waals surface area contributed by atoms with E-state index in [1.807, 2.05) is 6.92 Å². The van der Waals surface area contributed by atoms with E-state index in [4.69, 9.17) is 14.9 Å². The number of aryl methyl sites for hydroxylation is 1. The molecule has 1 aliphatic carbocycles. The van der Waals surface area contributed by atoms with E-state index in [9.17, 15) is 4.79 Å². The second kappa shape index (κ2) is 4.98. The molecule has 0 aromatic carbocycles. The average molecular weight is 264 g/mol. The molecular weight excluding hydrogens is 244 g/mol. The van der Waals surface area contributed by atoms with E-state index in [1.54, 1.807) is 12.3 Å². The largest absolute Gasteiger partial charge is 0.469 e. The first-order valence-electron chi connectivity index (χ1n) is 6.96. The number of amides is 1. The average Bonchev–Trinajstić information content (AvgIpc) is 2.92. The highest BCUT2D eigenvalue weighted by molar-refractivity contribution is 5.95. The number of rotatable bonds is 3. The highest BCUT2D eigenvalue weighted by Crippen LogP contribution is 2.37. The number of fused-ring (bicyclic) bond motifs is 1. The van der Waals surface area contributed by atoms with Crippen LogP contribution in [0.4, 0.5) is 0 Å². The predicted octanol–water partition coefficient (Wildman–Crippen LogP) is 1.08.